The molecule has 10 aliphatic heterocycles. The van der Waals surface area contributed by atoms with E-state index in [9.17, 15) is 9.90 Å². The number of ketones is 1. The minimum atomic E-state index is -0.765. The van der Waals surface area contributed by atoms with Gasteiger partial charge in [-0.2, -0.15) is 0 Å². The molecule has 0 aliphatic carbocycles. The lowest BCUT2D eigenvalue weighted by Crippen LogP contribution is -2.61. The number of Topliss-reactive ketones (excluding diaryl/α,β-unsaturated/α-hetero) is 1. The third kappa shape index (κ3) is 6.53. The van der Waals surface area contributed by atoms with Gasteiger partial charge in [0.2, 0.25) is 0 Å². The molecule has 1 spiro atoms. The molecule has 10 aliphatic rings. The number of ether oxygens (including phenoxy) is 8. The van der Waals surface area contributed by atoms with Crippen LogP contribution in [0.4, 0.5) is 0 Å². The molecule has 0 aromatic rings. The molecule has 11 nitrogen and oxygen atoms in total. The summed E-state index contributed by atoms with van der Waals surface area (Å²) >= 11 is 0. The molecular formula is C40H59NO10. The van der Waals surface area contributed by atoms with Crippen LogP contribution in [-0.2, 0) is 42.7 Å². The van der Waals surface area contributed by atoms with E-state index < -0.39 is 11.9 Å². The molecule has 10 heterocycles. The summed E-state index contributed by atoms with van der Waals surface area (Å²) in [5.41, 5.74) is 8.06. The molecule has 0 aromatic carbocycles. The van der Waals surface area contributed by atoms with E-state index in [0.29, 0.717) is 44.4 Å². The summed E-state index contributed by atoms with van der Waals surface area (Å²) < 4.78 is 54.0. The van der Waals surface area contributed by atoms with E-state index in [-0.39, 0.29) is 110 Å². The highest BCUT2D eigenvalue weighted by atomic mass is 16.8. The maximum Gasteiger partial charge on any atom is 0.172 e. The topological polar surface area (TPSA) is 137 Å². The first-order valence-electron chi connectivity index (χ1n) is 20.1. The van der Waals surface area contributed by atoms with Gasteiger partial charge in [0, 0.05) is 45.1 Å². The van der Waals surface area contributed by atoms with Crippen molar-refractivity contribution in [1.82, 2.24) is 0 Å². The average molecular weight is 714 g/mol. The predicted octanol–water partition coefficient (Wildman–Crippen LogP) is 4.06. The smallest absolute Gasteiger partial charge is 0.172 e. The van der Waals surface area contributed by atoms with Crippen molar-refractivity contribution in [3.8, 4) is 0 Å². The van der Waals surface area contributed by atoms with Gasteiger partial charge in [-0.15, -0.1) is 0 Å². The Kier molecular flexibility index (Phi) is 9.59. The predicted molar refractivity (Wildman–Crippen MR) is 185 cm³/mol. The number of carbonyl (C=O) groups is 1. The maximum absolute atomic E-state index is 14.0. The van der Waals surface area contributed by atoms with Crippen LogP contribution in [0.5, 0.6) is 0 Å². The standard InChI is InChI=1S/C40H59NO10/c1-19-11-25-5-7-29-20(2)12-27(44-29)9-10-40-17-34-36(50-40)37-38(49-34)39(51-40)35-30(48-37)8-6-26(46-35)13-23(42)14-28-22(4)31(15-24(43)18-41)47-33(28)16-32(45-25)21(19)3/h19,22,24-39,43H,2-3,5-18,41H2,1,4H3/t19-,22-,24+,25+,26-,27+,28-,29+,30+,31-,32-,33+,34-,35+,36+,37?,38?,39+,40+/m1/s1. The SMILES string of the molecule is C=C1C[C@@H]2CC[C@@]34C[C@H]5OC6C(O[C@H]7CC[C@H](CC(=O)C[C@@H]8[C@@H](C)[C@@H](C[C@H](O)CN)O[C@H]8C[C@H]8O[C@@H](CC[C@@H]1O2)C[C@@H](C)C8=C)O[C@@H]7[C@@H]6O3)[C@H]5O4. The molecule has 0 radical (unpaired) electrons. The van der Waals surface area contributed by atoms with Crippen LogP contribution in [0, 0.1) is 17.8 Å². The molecule has 284 valence electrons. The van der Waals surface area contributed by atoms with Gasteiger partial charge in [0.15, 0.2) is 5.79 Å². The highest BCUT2D eigenvalue weighted by Gasteiger charge is 2.68. The van der Waals surface area contributed by atoms with Crippen LogP contribution in [0.1, 0.15) is 97.3 Å². The van der Waals surface area contributed by atoms with Gasteiger partial charge in [-0.1, -0.05) is 27.0 Å². The summed E-state index contributed by atoms with van der Waals surface area (Å²) in [5, 5.41) is 10.5. The van der Waals surface area contributed by atoms with E-state index in [1.54, 1.807) is 0 Å². The van der Waals surface area contributed by atoms with Crippen molar-refractivity contribution in [3.05, 3.63) is 24.3 Å². The molecule has 0 aromatic heterocycles. The number of nitrogens with two attached hydrogens (primary N) is 1. The van der Waals surface area contributed by atoms with E-state index >= 15 is 0 Å². The number of aliphatic hydroxyl groups excluding tert-OH is 1. The van der Waals surface area contributed by atoms with Crippen LogP contribution in [-0.4, -0.2) is 115 Å². The van der Waals surface area contributed by atoms with Crippen LogP contribution in [0.3, 0.4) is 0 Å². The zero-order chi connectivity index (χ0) is 35.2. The minimum absolute atomic E-state index is 0.00127. The van der Waals surface area contributed by atoms with Gasteiger partial charge in [0.05, 0.1) is 61.0 Å². The number of aliphatic hydroxyl groups is 1. The van der Waals surface area contributed by atoms with Crippen molar-refractivity contribution in [2.24, 2.45) is 23.5 Å². The van der Waals surface area contributed by atoms with Crippen molar-refractivity contribution in [2.45, 2.75) is 195 Å². The van der Waals surface area contributed by atoms with Crippen molar-refractivity contribution in [3.63, 3.8) is 0 Å². The van der Waals surface area contributed by atoms with E-state index in [4.69, 9.17) is 43.6 Å². The van der Waals surface area contributed by atoms with Crippen molar-refractivity contribution in [1.29, 1.82) is 0 Å². The van der Waals surface area contributed by atoms with Gasteiger partial charge in [0.1, 0.15) is 36.3 Å². The Hall–Kier alpha value is -1.25. The molecule has 12 bridgehead atoms. The van der Waals surface area contributed by atoms with Gasteiger partial charge < -0.3 is 48.7 Å². The Morgan fingerprint density at radius 1 is 0.765 bits per heavy atom. The second kappa shape index (κ2) is 13.8. The Morgan fingerprint density at radius 3 is 2.35 bits per heavy atom. The van der Waals surface area contributed by atoms with Crippen LogP contribution in [0.15, 0.2) is 24.3 Å². The molecule has 0 amide bonds. The molecule has 10 saturated heterocycles. The van der Waals surface area contributed by atoms with Crippen LogP contribution >= 0.6 is 0 Å². The molecule has 0 saturated carbocycles. The summed E-state index contributed by atoms with van der Waals surface area (Å²) in [6.45, 7) is 13.5. The van der Waals surface area contributed by atoms with Gasteiger partial charge >= 0.3 is 0 Å². The summed E-state index contributed by atoms with van der Waals surface area (Å²) in [5.74, 6) is -0.222. The number of carbonyl (C=O) groups excluding carboxylic acids is 1. The zero-order valence-corrected chi connectivity index (χ0v) is 30.4. The van der Waals surface area contributed by atoms with Crippen molar-refractivity contribution >= 4 is 5.78 Å². The molecule has 19 atom stereocenters. The molecule has 10 rings (SSSR count). The Labute approximate surface area is 302 Å². The van der Waals surface area contributed by atoms with Gasteiger partial charge in [0.25, 0.3) is 0 Å². The highest BCUT2D eigenvalue weighted by molar-refractivity contribution is 5.79. The fourth-order valence-corrected chi connectivity index (χ4v) is 11.3. The van der Waals surface area contributed by atoms with E-state index in [1.807, 2.05) is 0 Å². The number of rotatable bonds is 3. The first-order chi connectivity index (χ1) is 24.6. The summed E-state index contributed by atoms with van der Waals surface area (Å²) in [6, 6.07) is 0. The summed E-state index contributed by atoms with van der Waals surface area (Å²) in [4.78, 5) is 14.0. The first kappa shape index (κ1) is 35.5. The lowest BCUT2D eigenvalue weighted by Gasteiger charge is -2.47. The monoisotopic (exact) mass is 713 g/mol. The first-order valence-corrected chi connectivity index (χ1v) is 20.1. The van der Waals surface area contributed by atoms with E-state index in [2.05, 4.69) is 27.0 Å². The van der Waals surface area contributed by atoms with E-state index in [0.717, 1.165) is 56.1 Å². The molecule has 51 heavy (non-hydrogen) atoms. The normalized spacial score (nSPS) is 53.2. The number of hydrogen-bond acceptors (Lipinski definition) is 11. The Bertz CT molecular complexity index is 1360. The third-order valence-corrected chi connectivity index (χ3v) is 14.2. The molecule has 11 heteroatoms. The maximum atomic E-state index is 14.0. The fraction of sp³-hybridized carbons (Fsp3) is 0.875. The quantitative estimate of drug-likeness (QED) is 0.410. The van der Waals surface area contributed by atoms with Gasteiger partial charge in [-0.3, -0.25) is 4.79 Å². The average Bonchev–Trinajstić information content (AvgIpc) is 3.77. The second-order valence-corrected chi connectivity index (χ2v) is 17.6. The molecular weight excluding hydrogens is 654 g/mol. The molecule has 10 fully saturated rings. The lowest BCUT2D eigenvalue weighted by molar-refractivity contribution is -0.292. The lowest BCUT2D eigenvalue weighted by atomic mass is 9.78. The minimum Gasteiger partial charge on any atom is -0.392 e. The fourth-order valence-electron chi connectivity index (χ4n) is 11.3. The molecule has 3 N–H and O–H groups in total. The molecule has 2 unspecified atom stereocenters. The Morgan fingerprint density at radius 2 is 1.51 bits per heavy atom. The van der Waals surface area contributed by atoms with E-state index in [1.165, 1.54) is 0 Å². The number of fused-ring (bicyclic) bond motifs is 6. The Balaban J connectivity index is 0.986. The number of hydrogen-bond donors (Lipinski definition) is 2. The van der Waals surface area contributed by atoms with Gasteiger partial charge in [-0.25, -0.2) is 0 Å². The van der Waals surface area contributed by atoms with Crippen molar-refractivity contribution in [2.75, 3.05) is 6.54 Å². The van der Waals surface area contributed by atoms with Gasteiger partial charge in [-0.05, 0) is 73.8 Å². The second-order valence-electron chi connectivity index (χ2n) is 17.6. The van der Waals surface area contributed by atoms with Crippen LogP contribution in [0.25, 0.3) is 0 Å². The summed E-state index contributed by atoms with van der Waals surface area (Å²) in [6.07, 6.45) is 6.43. The third-order valence-electron chi connectivity index (χ3n) is 14.2. The summed E-state index contributed by atoms with van der Waals surface area (Å²) in [7, 11) is 0. The highest BCUT2D eigenvalue weighted by Crippen LogP contribution is 2.54. The van der Waals surface area contributed by atoms with Crippen LogP contribution in [0.2, 0.25) is 0 Å². The zero-order valence-electron chi connectivity index (χ0n) is 30.4. The van der Waals surface area contributed by atoms with Crippen LogP contribution < -0.4 is 5.73 Å². The van der Waals surface area contributed by atoms with Crippen molar-refractivity contribution < 1.29 is 47.8 Å². The largest absolute Gasteiger partial charge is 0.392 e.